The second-order valence-electron chi connectivity index (χ2n) is 3.96. The Kier molecular flexibility index (Phi) is 20.4. The quantitative estimate of drug-likeness (QED) is 0.518. The zero-order valence-corrected chi connectivity index (χ0v) is 19.8. The Labute approximate surface area is 194 Å². The molecule has 0 spiro atoms. The number of para-hydroxylation sites is 1. The molecule has 0 saturated carbocycles. The van der Waals surface area contributed by atoms with Crippen LogP contribution < -0.4 is 98.9 Å². The first-order chi connectivity index (χ1) is 8.67. The van der Waals surface area contributed by atoms with Gasteiger partial charge in [-0.2, -0.15) is 0 Å². The van der Waals surface area contributed by atoms with Crippen molar-refractivity contribution in [2.24, 2.45) is 0 Å². The molecule has 0 aliphatic rings. The van der Waals surface area contributed by atoms with Gasteiger partial charge >= 0.3 is 88.7 Å². The van der Waals surface area contributed by atoms with Gasteiger partial charge in [-0.3, -0.25) is 0 Å². The maximum Gasteiger partial charge on any atom is 1.00 e. The Morgan fingerprint density at radius 3 is 1.62 bits per heavy atom. The molecule has 0 fully saturated rings. The van der Waals surface area contributed by atoms with E-state index in [1.807, 2.05) is 31.2 Å². The van der Waals surface area contributed by atoms with Gasteiger partial charge in [-0.25, -0.2) is 0 Å². The molecule has 0 atom stereocenters. The van der Waals surface area contributed by atoms with Crippen LogP contribution in [0.25, 0.3) is 0 Å². The average molecular weight is 311 g/mol. The van der Waals surface area contributed by atoms with Crippen LogP contribution in [0.2, 0.25) is 0 Å². The zero-order valence-electron chi connectivity index (χ0n) is 13.8. The summed E-state index contributed by atoms with van der Waals surface area (Å²) in [5.74, 6) is 0.243. The molecular weight excluding hydrogens is 293 g/mol. The molecule has 2 aromatic carbocycles. The maximum absolute atomic E-state index is 10.9. The molecule has 0 N–H and O–H groups in total. The fourth-order valence-electron chi connectivity index (χ4n) is 1.52. The van der Waals surface area contributed by atoms with Crippen molar-refractivity contribution in [3.8, 4) is 11.5 Å². The third kappa shape index (κ3) is 11.2. The van der Waals surface area contributed by atoms with Crippen LogP contribution in [0, 0.1) is 0 Å². The van der Waals surface area contributed by atoms with Crippen molar-refractivity contribution in [2.45, 2.75) is 26.7 Å². The third-order valence-corrected chi connectivity index (χ3v) is 2.69. The van der Waals surface area contributed by atoms with Crippen LogP contribution in [-0.2, 0) is 12.8 Å². The predicted molar refractivity (Wildman–Crippen MR) is 70.5 cm³/mol. The molecule has 0 aromatic heterocycles. The topological polar surface area (TPSA) is 46.1 Å². The fourth-order valence-corrected chi connectivity index (χ4v) is 1.52. The van der Waals surface area contributed by atoms with Crippen molar-refractivity contribution in [3.05, 3.63) is 59.7 Å². The SMILES string of the molecule is CCc1ccc([O-])cc1.CCc1ccccc1[O-].[Na+].[Na+].[Na+]. The molecule has 0 radical (unpaired) electrons. The number of rotatable bonds is 2. The largest absolute Gasteiger partial charge is 1.00 e. The van der Waals surface area contributed by atoms with Crippen molar-refractivity contribution >= 4 is 0 Å². The first kappa shape index (κ1) is 26.9. The van der Waals surface area contributed by atoms with Crippen molar-refractivity contribution in [2.75, 3.05) is 0 Å². The third-order valence-electron chi connectivity index (χ3n) is 2.69. The van der Waals surface area contributed by atoms with Crippen LogP contribution in [0.5, 0.6) is 11.5 Å². The van der Waals surface area contributed by atoms with Gasteiger partial charge in [-0.1, -0.05) is 67.9 Å². The Bertz CT molecular complexity index is 473. The van der Waals surface area contributed by atoms with E-state index in [9.17, 15) is 10.2 Å². The van der Waals surface area contributed by atoms with E-state index in [0.29, 0.717) is 0 Å². The Morgan fingerprint density at radius 1 is 0.714 bits per heavy atom. The van der Waals surface area contributed by atoms with Crippen molar-refractivity contribution < 1.29 is 98.9 Å². The van der Waals surface area contributed by atoms with Gasteiger partial charge in [0.15, 0.2) is 0 Å². The Balaban J connectivity index is -0.000000270. The van der Waals surface area contributed by atoms with E-state index in [4.69, 9.17) is 0 Å². The standard InChI is InChI=1S/2C8H10O.3Na/c1-2-7-3-5-8(9)6-4-7;1-2-7-5-3-4-6-8(7)9;;;/h2*3-6,9H,2H2,1H3;;;/q;;3*+1/p-2. The van der Waals surface area contributed by atoms with Crippen LogP contribution in [0.4, 0.5) is 0 Å². The minimum absolute atomic E-state index is 0. The summed E-state index contributed by atoms with van der Waals surface area (Å²) < 4.78 is 0. The maximum atomic E-state index is 10.9. The predicted octanol–water partition coefficient (Wildman–Crippen LogP) is -6.34. The molecule has 0 heterocycles. The molecule has 2 aromatic rings. The summed E-state index contributed by atoms with van der Waals surface area (Å²) in [4.78, 5) is 0. The van der Waals surface area contributed by atoms with Crippen molar-refractivity contribution in [1.29, 1.82) is 0 Å². The fraction of sp³-hybridized carbons (Fsp3) is 0.250. The van der Waals surface area contributed by atoms with Crippen molar-refractivity contribution in [3.63, 3.8) is 0 Å². The number of benzene rings is 2. The molecule has 0 aliphatic carbocycles. The van der Waals surface area contributed by atoms with Crippen LogP contribution >= 0.6 is 0 Å². The summed E-state index contributed by atoms with van der Waals surface area (Å²) in [5, 5.41) is 21.4. The van der Waals surface area contributed by atoms with E-state index < -0.39 is 0 Å². The summed E-state index contributed by atoms with van der Waals surface area (Å²) in [7, 11) is 0. The van der Waals surface area contributed by atoms with Gasteiger partial charge in [0.1, 0.15) is 0 Å². The smallest absolute Gasteiger partial charge is 0.872 e. The summed E-state index contributed by atoms with van der Waals surface area (Å²) in [6.07, 6.45) is 1.83. The zero-order chi connectivity index (χ0) is 13.4. The van der Waals surface area contributed by atoms with Crippen LogP contribution in [-0.4, -0.2) is 0 Å². The molecule has 5 heteroatoms. The molecule has 0 bridgehead atoms. The minimum Gasteiger partial charge on any atom is -0.872 e. The van der Waals surface area contributed by atoms with E-state index >= 15 is 0 Å². The summed E-state index contributed by atoms with van der Waals surface area (Å²) in [5.41, 5.74) is 2.12. The summed E-state index contributed by atoms with van der Waals surface area (Å²) in [6.45, 7) is 4.05. The van der Waals surface area contributed by atoms with Gasteiger partial charge in [0.2, 0.25) is 0 Å². The molecule has 2 nitrogen and oxygen atoms in total. The molecule has 0 aliphatic heterocycles. The number of hydrogen-bond donors (Lipinski definition) is 0. The van der Waals surface area contributed by atoms with E-state index in [2.05, 4.69) is 6.92 Å². The summed E-state index contributed by atoms with van der Waals surface area (Å²) >= 11 is 0. The molecule has 0 unspecified atom stereocenters. The Hall–Kier alpha value is 1.04. The first-order valence-electron chi connectivity index (χ1n) is 6.18. The van der Waals surface area contributed by atoms with E-state index in [0.717, 1.165) is 18.4 Å². The number of aryl methyl sites for hydroxylation is 2. The molecule has 0 saturated heterocycles. The van der Waals surface area contributed by atoms with Crippen molar-refractivity contribution in [1.82, 2.24) is 0 Å². The van der Waals surface area contributed by atoms with E-state index in [1.54, 1.807) is 24.3 Å². The second kappa shape index (κ2) is 15.9. The van der Waals surface area contributed by atoms with E-state index in [1.165, 1.54) is 5.56 Å². The molecule has 21 heavy (non-hydrogen) atoms. The van der Waals surface area contributed by atoms with Gasteiger partial charge in [0, 0.05) is 0 Å². The van der Waals surface area contributed by atoms with Gasteiger partial charge in [-0.05, 0) is 18.4 Å². The van der Waals surface area contributed by atoms with Gasteiger partial charge in [0.05, 0.1) is 0 Å². The monoisotopic (exact) mass is 311 g/mol. The molecule has 96 valence electrons. The van der Waals surface area contributed by atoms with Gasteiger partial charge in [-0.15, -0.1) is 11.5 Å². The number of hydrogen-bond acceptors (Lipinski definition) is 2. The second-order valence-corrected chi connectivity index (χ2v) is 3.96. The Morgan fingerprint density at radius 2 is 1.24 bits per heavy atom. The molecule has 2 rings (SSSR count). The van der Waals surface area contributed by atoms with Gasteiger partial charge in [0.25, 0.3) is 0 Å². The average Bonchev–Trinajstić information content (AvgIpc) is 2.41. The van der Waals surface area contributed by atoms with Crippen LogP contribution in [0.1, 0.15) is 25.0 Å². The van der Waals surface area contributed by atoms with Crippen LogP contribution in [0.3, 0.4) is 0 Å². The first-order valence-corrected chi connectivity index (χ1v) is 6.18. The minimum atomic E-state index is 0. The van der Waals surface area contributed by atoms with E-state index in [-0.39, 0.29) is 100 Å². The normalized spacial score (nSPS) is 8.10. The molecule has 0 amide bonds. The van der Waals surface area contributed by atoms with Crippen LogP contribution in [0.15, 0.2) is 48.5 Å². The van der Waals surface area contributed by atoms with Gasteiger partial charge < -0.3 is 10.2 Å². The summed E-state index contributed by atoms with van der Waals surface area (Å²) in [6, 6.07) is 14.0. The molecular formula is C16H18Na3O2+.